The minimum absolute atomic E-state index is 0.0844. The summed E-state index contributed by atoms with van der Waals surface area (Å²) in [7, 11) is 1.73. The normalized spacial score (nSPS) is 10.6. The molecule has 0 spiro atoms. The number of hydrogen-bond acceptors (Lipinski definition) is 5. The number of aromatic carboxylic acids is 1. The molecule has 96 valence electrons. The second-order valence-electron chi connectivity index (χ2n) is 3.69. The van der Waals surface area contributed by atoms with Crippen LogP contribution in [0.2, 0.25) is 0 Å². The number of oxazole rings is 1. The summed E-state index contributed by atoms with van der Waals surface area (Å²) in [5.74, 6) is -1.09. The number of rotatable bonds is 4. The van der Waals surface area contributed by atoms with Gasteiger partial charge in [0.1, 0.15) is 5.69 Å². The number of carboxylic acid groups (broad SMARTS) is 1. The van der Waals surface area contributed by atoms with E-state index in [0.717, 1.165) is 5.69 Å². The summed E-state index contributed by atoms with van der Waals surface area (Å²) in [4.78, 5) is 14.9. The van der Waals surface area contributed by atoms with Crippen LogP contribution in [0.5, 0.6) is 5.95 Å². The van der Waals surface area contributed by atoms with E-state index >= 15 is 0 Å². The summed E-state index contributed by atoms with van der Waals surface area (Å²) < 4.78 is 12.0. The molecular formula is C11H13N3O4. The van der Waals surface area contributed by atoms with Crippen molar-refractivity contribution in [3.05, 3.63) is 17.5 Å². The number of carbonyl (C=O) groups is 1. The highest BCUT2D eigenvalue weighted by Gasteiger charge is 2.23. The van der Waals surface area contributed by atoms with Gasteiger partial charge in [0.15, 0.2) is 0 Å². The second-order valence-corrected chi connectivity index (χ2v) is 3.69. The van der Waals surface area contributed by atoms with Crippen molar-refractivity contribution >= 4 is 5.97 Å². The maximum atomic E-state index is 11.0. The number of carboxylic acids is 1. The van der Waals surface area contributed by atoms with E-state index < -0.39 is 5.97 Å². The van der Waals surface area contributed by atoms with E-state index in [2.05, 4.69) is 10.1 Å². The molecule has 0 aromatic carbocycles. The van der Waals surface area contributed by atoms with Crippen LogP contribution in [0.3, 0.4) is 0 Å². The lowest BCUT2D eigenvalue weighted by atomic mass is 10.4. The highest BCUT2D eigenvalue weighted by atomic mass is 16.6. The molecule has 18 heavy (non-hydrogen) atoms. The molecule has 1 N–H and O–H groups in total. The van der Waals surface area contributed by atoms with Crippen molar-refractivity contribution in [1.82, 2.24) is 14.8 Å². The van der Waals surface area contributed by atoms with Crippen LogP contribution in [-0.2, 0) is 7.05 Å². The highest BCUT2D eigenvalue weighted by Crippen LogP contribution is 2.27. The lowest BCUT2D eigenvalue weighted by Gasteiger charge is -1.97. The Kier molecular flexibility index (Phi) is 3.05. The van der Waals surface area contributed by atoms with Gasteiger partial charge in [-0.3, -0.25) is 4.68 Å². The largest absolute Gasteiger partial charge is 0.476 e. The minimum Gasteiger partial charge on any atom is -0.476 e. The zero-order chi connectivity index (χ0) is 13.3. The topological polar surface area (TPSA) is 90.4 Å². The molecular weight excluding hydrogens is 238 g/mol. The Bertz CT molecular complexity index is 585. The molecule has 0 amide bonds. The van der Waals surface area contributed by atoms with Crippen LogP contribution in [0.25, 0.3) is 11.6 Å². The molecule has 0 saturated heterocycles. The highest BCUT2D eigenvalue weighted by molar-refractivity contribution is 5.88. The molecule has 0 aliphatic rings. The van der Waals surface area contributed by atoms with Gasteiger partial charge >= 0.3 is 11.9 Å². The summed E-state index contributed by atoms with van der Waals surface area (Å²) in [6.07, 6.45) is 0. The van der Waals surface area contributed by atoms with Gasteiger partial charge in [-0.2, -0.15) is 10.1 Å². The van der Waals surface area contributed by atoms with Crippen LogP contribution in [-0.4, -0.2) is 32.4 Å². The Labute approximate surface area is 103 Å². The number of hydrogen-bond donors (Lipinski definition) is 1. The van der Waals surface area contributed by atoms with E-state index in [0.29, 0.717) is 12.3 Å². The molecule has 0 aliphatic heterocycles. The van der Waals surface area contributed by atoms with E-state index in [1.807, 2.05) is 6.92 Å². The molecule has 0 fully saturated rings. The molecule has 0 radical (unpaired) electrons. The van der Waals surface area contributed by atoms with Gasteiger partial charge in [0.25, 0.3) is 0 Å². The van der Waals surface area contributed by atoms with Crippen molar-refractivity contribution in [1.29, 1.82) is 0 Å². The number of aromatic nitrogens is 3. The van der Waals surface area contributed by atoms with Crippen molar-refractivity contribution in [2.45, 2.75) is 13.8 Å². The first-order valence-electron chi connectivity index (χ1n) is 5.40. The summed E-state index contributed by atoms with van der Waals surface area (Å²) in [5, 5.41) is 13.1. The van der Waals surface area contributed by atoms with Gasteiger partial charge in [0.2, 0.25) is 11.6 Å². The van der Waals surface area contributed by atoms with E-state index in [1.54, 1.807) is 24.7 Å². The predicted molar refractivity (Wildman–Crippen MR) is 61.6 cm³/mol. The Morgan fingerprint density at radius 3 is 2.83 bits per heavy atom. The van der Waals surface area contributed by atoms with Crippen molar-refractivity contribution in [3.63, 3.8) is 0 Å². The van der Waals surface area contributed by atoms with Crippen LogP contribution in [0, 0.1) is 6.92 Å². The number of ether oxygens (including phenoxy) is 1. The van der Waals surface area contributed by atoms with Crippen LogP contribution in [0.15, 0.2) is 10.5 Å². The smallest absolute Gasteiger partial charge is 0.362 e. The van der Waals surface area contributed by atoms with Crippen molar-refractivity contribution in [2.75, 3.05) is 6.61 Å². The molecule has 2 rings (SSSR count). The molecule has 7 heteroatoms. The zero-order valence-corrected chi connectivity index (χ0v) is 10.3. The fourth-order valence-corrected chi connectivity index (χ4v) is 1.59. The fraction of sp³-hybridized carbons (Fsp3) is 0.364. The van der Waals surface area contributed by atoms with Gasteiger partial charge in [-0.1, -0.05) is 0 Å². The standard InChI is InChI=1S/C11H13N3O4/c1-4-17-11-8(10(15)16)12-9(18-11)7-5-6(2)13-14(7)3/h5H,4H2,1-3H3,(H,15,16). The average Bonchev–Trinajstić information content (AvgIpc) is 2.83. The Hall–Kier alpha value is -2.31. The first-order valence-corrected chi connectivity index (χ1v) is 5.40. The number of aryl methyl sites for hydroxylation is 2. The van der Waals surface area contributed by atoms with Crippen molar-refractivity contribution in [2.24, 2.45) is 7.05 Å². The first-order chi connectivity index (χ1) is 8.52. The summed E-state index contributed by atoms with van der Waals surface area (Å²) in [5.41, 5.74) is 1.16. The van der Waals surface area contributed by atoms with Crippen molar-refractivity contribution < 1.29 is 19.1 Å². The van der Waals surface area contributed by atoms with Gasteiger partial charge in [-0.15, -0.1) is 0 Å². The van der Waals surface area contributed by atoms with Gasteiger partial charge in [-0.25, -0.2) is 4.79 Å². The van der Waals surface area contributed by atoms with Gasteiger partial charge in [0.05, 0.1) is 12.3 Å². The third-order valence-electron chi connectivity index (χ3n) is 2.30. The fourth-order valence-electron chi connectivity index (χ4n) is 1.59. The molecule has 0 atom stereocenters. The molecule has 0 bridgehead atoms. The predicted octanol–water partition coefficient (Wildman–Crippen LogP) is 1.48. The number of nitrogens with zero attached hydrogens (tertiary/aromatic N) is 3. The summed E-state index contributed by atoms with van der Waals surface area (Å²) in [6.45, 7) is 3.87. The van der Waals surface area contributed by atoms with Crippen molar-refractivity contribution in [3.8, 4) is 17.5 Å². The van der Waals surface area contributed by atoms with Crippen LogP contribution in [0.4, 0.5) is 0 Å². The maximum absolute atomic E-state index is 11.0. The quantitative estimate of drug-likeness (QED) is 0.885. The molecule has 0 saturated carbocycles. The van der Waals surface area contributed by atoms with Crippen LogP contribution < -0.4 is 4.74 Å². The lowest BCUT2D eigenvalue weighted by molar-refractivity contribution is 0.0683. The Morgan fingerprint density at radius 2 is 2.33 bits per heavy atom. The van der Waals surface area contributed by atoms with Crippen LogP contribution >= 0.6 is 0 Å². The van der Waals surface area contributed by atoms with E-state index in [9.17, 15) is 4.79 Å². The van der Waals surface area contributed by atoms with Gasteiger partial charge in [0, 0.05) is 7.05 Å². The molecule has 2 aromatic rings. The molecule has 2 heterocycles. The molecule has 2 aromatic heterocycles. The lowest BCUT2D eigenvalue weighted by Crippen LogP contribution is -2.01. The zero-order valence-electron chi connectivity index (χ0n) is 10.3. The summed E-state index contributed by atoms with van der Waals surface area (Å²) in [6, 6.07) is 1.76. The molecule has 0 aliphatic carbocycles. The summed E-state index contributed by atoms with van der Waals surface area (Å²) >= 11 is 0. The van der Waals surface area contributed by atoms with Crippen LogP contribution in [0.1, 0.15) is 23.1 Å². The average molecular weight is 251 g/mol. The Balaban J connectivity index is 2.49. The first kappa shape index (κ1) is 12.2. The maximum Gasteiger partial charge on any atom is 0.362 e. The monoisotopic (exact) mass is 251 g/mol. The van der Waals surface area contributed by atoms with E-state index in [-0.39, 0.29) is 17.5 Å². The third-order valence-corrected chi connectivity index (χ3v) is 2.30. The third kappa shape index (κ3) is 2.06. The molecule has 7 nitrogen and oxygen atoms in total. The minimum atomic E-state index is -1.19. The van der Waals surface area contributed by atoms with Gasteiger partial charge in [-0.05, 0) is 19.9 Å². The molecule has 0 unspecified atom stereocenters. The van der Waals surface area contributed by atoms with Gasteiger partial charge < -0.3 is 14.3 Å². The SMILES string of the molecule is CCOc1oc(-c2cc(C)nn2C)nc1C(=O)O. The second kappa shape index (κ2) is 4.52. The Morgan fingerprint density at radius 1 is 1.61 bits per heavy atom. The van der Waals surface area contributed by atoms with E-state index in [1.165, 1.54) is 0 Å². The van der Waals surface area contributed by atoms with E-state index in [4.69, 9.17) is 14.3 Å².